The maximum Gasteiger partial charge on any atom is 0.243 e. The second kappa shape index (κ2) is 2.68. The van der Waals surface area contributed by atoms with E-state index in [9.17, 15) is 4.79 Å². The van der Waals surface area contributed by atoms with E-state index in [0.717, 1.165) is 6.42 Å². The van der Waals surface area contributed by atoms with Gasteiger partial charge in [0.25, 0.3) is 0 Å². The summed E-state index contributed by atoms with van der Waals surface area (Å²) in [6.07, 6.45) is 3.63. The first kappa shape index (κ1) is 8.31. The number of nitrogens with one attached hydrogen (secondary N) is 1. The van der Waals surface area contributed by atoms with Crippen LogP contribution in [-0.2, 0) is 4.79 Å². The largest absolute Gasteiger partial charge is 0.349 e. The van der Waals surface area contributed by atoms with Crippen molar-refractivity contribution in [2.45, 2.75) is 32.7 Å². The van der Waals surface area contributed by atoms with Crippen molar-refractivity contribution >= 4 is 5.91 Å². The average molecular weight is 153 g/mol. The molecular weight excluding hydrogens is 138 g/mol. The summed E-state index contributed by atoms with van der Waals surface area (Å²) < 4.78 is 0. The Hall–Kier alpha value is -0.790. The predicted molar refractivity (Wildman–Crippen MR) is 45.1 cm³/mol. The molecule has 0 bridgehead atoms. The molecule has 1 aliphatic carbocycles. The third-order valence-corrected chi connectivity index (χ3v) is 2.52. The van der Waals surface area contributed by atoms with Gasteiger partial charge < -0.3 is 5.32 Å². The van der Waals surface area contributed by atoms with Gasteiger partial charge in [-0.15, -0.1) is 0 Å². The molecule has 11 heavy (non-hydrogen) atoms. The van der Waals surface area contributed by atoms with Crippen molar-refractivity contribution in [3.8, 4) is 0 Å². The first-order valence-electron chi connectivity index (χ1n) is 3.99. The summed E-state index contributed by atoms with van der Waals surface area (Å²) in [6.45, 7) is 7.75. The number of amides is 1. The molecule has 0 aromatic carbocycles. The first-order valence-corrected chi connectivity index (χ1v) is 3.99. The minimum Gasteiger partial charge on any atom is -0.349 e. The summed E-state index contributed by atoms with van der Waals surface area (Å²) >= 11 is 0. The summed E-state index contributed by atoms with van der Waals surface area (Å²) in [4.78, 5) is 10.9. The third kappa shape index (κ3) is 1.62. The number of hydrogen-bond acceptors (Lipinski definition) is 1. The molecule has 0 saturated heterocycles. The van der Waals surface area contributed by atoms with Crippen molar-refractivity contribution in [2.75, 3.05) is 0 Å². The van der Waals surface area contributed by atoms with Crippen LogP contribution < -0.4 is 5.32 Å². The van der Waals surface area contributed by atoms with E-state index in [0.29, 0.717) is 11.5 Å². The Morgan fingerprint density at radius 2 is 2.36 bits per heavy atom. The smallest absolute Gasteiger partial charge is 0.243 e. The number of hydrogen-bond donors (Lipinski definition) is 1. The zero-order valence-electron chi connectivity index (χ0n) is 7.18. The van der Waals surface area contributed by atoms with Crippen molar-refractivity contribution in [1.29, 1.82) is 0 Å². The van der Waals surface area contributed by atoms with E-state index in [1.807, 2.05) is 0 Å². The molecule has 1 fully saturated rings. The summed E-state index contributed by atoms with van der Waals surface area (Å²) in [5.41, 5.74) is 0.290. The molecule has 0 spiro atoms. The zero-order chi connectivity index (χ0) is 8.48. The van der Waals surface area contributed by atoms with Gasteiger partial charge >= 0.3 is 0 Å². The monoisotopic (exact) mass is 153 g/mol. The van der Waals surface area contributed by atoms with Gasteiger partial charge in [-0.3, -0.25) is 4.79 Å². The van der Waals surface area contributed by atoms with Crippen LogP contribution in [0.5, 0.6) is 0 Å². The van der Waals surface area contributed by atoms with E-state index < -0.39 is 0 Å². The Balaban J connectivity index is 2.39. The lowest BCUT2D eigenvalue weighted by molar-refractivity contribution is -0.119. The van der Waals surface area contributed by atoms with Crippen LogP contribution in [0.1, 0.15) is 26.7 Å². The summed E-state index contributed by atoms with van der Waals surface area (Å²) in [5.74, 6) is -0.0530. The second-order valence-electron chi connectivity index (χ2n) is 3.79. The molecule has 0 aliphatic heterocycles. The van der Waals surface area contributed by atoms with Crippen molar-refractivity contribution in [3.63, 3.8) is 0 Å². The Morgan fingerprint density at radius 3 is 2.64 bits per heavy atom. The normalized spacial score (nSPS) is 26.9. The molecule has 2 nitrogen and oxygen atoms in total. The van der Waals surface area contributed by atoms with E-state index in [1.54, 1.807) is 0 Å². The number of rotatable bonds is 2. The molecular formula is C9H15NO. The molecule has 1 atom stereocenters. The molecule has 0 heterocycles. The molecule has 1 rings (SSSR count). The highest BCUT2D eigenvalue weighted by molar-refractivity contribution is 5.87. The highest BCUT2D eigenvalue weighted by Gasteiger charge is 2.38. The van der Waals surface area contributed by atoms with E-state index >= 15 is 0 Å². The fourth-order valence-corrected chi connectivity index (χ4v) is 1.36. The Labute approximate surface area is 67.7 Å². The van der Waals surface area contributed by atoms with Gasteiger partial charge in [0.05, 0.1) is 0 Å². The van der Waals surface area contributed by atoms with E-state index in [2.05, 4.69) is 25.7 Å². The molecule has 1 unspecified atom stereocenters. The molecule has 1 aliphatic rings. The van der Waals surface area contributed by atoms with Crippen LogP contribution in [-0.4, -0.2) is 11.9 Å². The quantitative estimate of drug-likeness (QED) is 0.598. The van der Waals surface area contributed by atoms with Crippen LogP contribution >= 0.6 is 0 Å². The highest BCUT2D eigenvalue weighted by atomic mass is 16.1. The van der Waals surface area contributed by atoms with Gasteiger partial charge in [-0.2, -0.15) is 0 Å². The second-order valence-corrected chi connectivity index (χ2v) is 3.79. The molecule has 1 N–H and O–H groups in total. The Morgan fingerprint density at radius 1 is 1.73 bits per heavy atom. The van der Waals surface area contributed by atoms with E-state index in [-0.39, 0.29) is 5.91 Å². The van der Waals surface area contributed by atoms with Gasteiger partial charge in [-0.25, -0.2) is 0 Å². The summed E-state index contributed by atoms with van der Waals surface area (Å²) in [5, 5.41) is 2.90. The molecule has 0 aromatic heterocycles. The molecule has 0 aromatic rings. The fourth-order valence-electron chi connectivity index (χ4n) is 1.36. The standard InChI is InChI=1S/C9H15NO/c1-4-8(11)10-7-5-6-9(7,2)3/h4,7H,1,5-6H2,2-3H3,(H,10,11). The highest BCUT2D eigenvalue weighted by Crippen LogP contribution is 2.39. The lowest BCUT2D eigenvalue weighted by Gasteiger charge is -2.44. The van der Waals surface area contributed by atoms with Gasteiger partial charge in [0.2, 0.25) is 5.91 Å². The molecule has 1 amide bonds. The predicted octanol–water partition coefficient (Wildman–Crippen LogP) is 1.48. The molecule has 1 saturated carbocycles. The Kier molecular flexibility index (Phi) is 2.03. The van der Waals surface area contributed by atoms with Gasteiger partial charge in [-0.05, 0) is 24.3 Å². The Bertz CT molecular complexity index is 184. The maximum atomic E-state index is 10.9. The number of carbonyl (C=O) groups excluding carboxylic acids is 1. The van der Waals surface area contributed by atoms with Crippen LogP contribution in [0.2, 0.25) is 0 Å². The van der Waals surface area contributed by atoms with Crippen molar-refractivity contribution in [2.24, 2.45) is 5.41 Å². The van der Waals surface area contributed by atoms with E-state index in [4.69, 9.17) is 0 Å². The lowest BCUT2D eigenvalue weighted by Crippen LogP contribution is -2.51. The zero-order valence-corrected chi connectivity index (χ0v) is 7.18. The van der Waals surface area contributed by atoms with Gasteiger partial charge in [0.15, 0.2) is 0 Å². The topological polar surface area (TPSA) is 29.1 Å². The maximum absolute atomic E-state index is 10.9. The SMILES string of the molecule is C=CC(=O)NC1CCC1(C)C. The van der Waals surface area contributed by atoms with E-state index in [1.165, 1.54) is 12.5 Å². The van der Waals surface area contributed by atoms with Crippen molar-refractivity contribution in [1.82, 2.24) is 5.32 Å². The van der Waals surface area contributed by atoms with Crippen LogP contribution in [0.4, 0.5) is 0 Å². The molecule has 2 heteroatoms. The molecule has 0 radical (unpaired) electrons. The fraction of sp³-hybridized carbons (Fsp3) is 0.667. The summed E-state index contributed by atoms with van der Waals surface area (Å²) in [7, 11) is 0. The average Bonchev–Trinajstić information content (AvgIpc) is 1.98. The van der Waals surface area contributed by atoms with Crippen LogP contribution in [0.3, 0.4) is 0 Å². The van der Waals surface area contributed by atoms with Crippen molar-refractivity contribution < 1.29 is 4.79 Å². The van der Waals surface area contributed by atoms with Gasteiger partial charge in [0.1, 0.15) is 0 Å². The van der Waals surface area contributed by atoms with Gasteiger partial charge in [0, 0.05) is 6.04 Å². The van der Waals surface area contributed by atoms with Crippen LogP contribution in [0.25, 0.3) is 0 Å². The minimum atomic E-state index is -0.0530. The third-order valence-electron chi connectivity index (χ3n) is 2.52. The number of carbonyl (C=O) groups is 1. The minimum absolute atomic E-state index is 0.0530. The molecule has 62 valence electrons. The van der Waals surface area contributed by atoms with Crippen LogP contribution in [0.15, 0.2) is 12.7 Å². The lowest BCUT2D eigenvalue weighted by atomic mass is 9.67. The van der Waals surface area contributed by atoms with Gasteiger partial charge in [-0.1, -0.05) is 20.4 Å². The first-order chi connectivity index (χ1) is 5.06. The van der Waals surface area contributed by atoms with Crippen LogP contribution in [0, 0.1) is 5.41 Å². The van der Waals surface area contributed by atoms with Crippen molar-refractivity contribution in [3.05, 3.63) is 12.7 Å². The summed E-state index contributed by atoms with van der Waals surface area (Å²) in [6, 6.07) is 0.355.